The fraction of sp³-hybridized carbons (Fsp3) is 0.857. The number of hydrogen-bond donors (Lipinski definition) is 0. The van der Waals surface area contributed by atoms with E-state index in [4.69, 9.17) is 13.6 Å². The molecule has 78 valence electrons. The minimum atomic E-state index is -2.06. The molecule has 3 nitrogen and oxygen atoms in total. The Bertz CT molecular complexity index is 186. The molecular formula is C7H16O3PS2+. The van der Waals surface area contributed by atoms with Gasteiger partial charge in [0.2, 0.25) is 0 Å². The van der Waals surface area contributed by atoms with Crippen molar-refractivity contribution in [1.82, 2.24) is 0 Å². The molecule has 1 atom stereocenters. The van der Waals surface area contributed by atoms with E-state index in [2.05, 4.69) is 4.70 Å². The van der Waals surface area contributed by atoms with Crippen LogP contribution in [-0.2, 0) is 13.6 Å². The smallest absolute Gasteiger partial charge is 0.172 e. The molecule has 0 N–H and O–H groups in total. The van der Waals surface area contributed by atoms with Crippen molar-refractivity contribution in [3.8, 4) is 0 Å². The molecular weight excluding hydrogens is 227 g/mol. The first-order valence-electron chi connectivity index (χ1n) is 4.00. The van der Waals surface area contributed by atoms with Gasteiger partial charge in [-0.1, -0.05) is 0 Å². The lowest BCUT2D eigenvalue weighted by Crippen LogP contribution is -2.04. The van der Waals surface area contributed by atoms with Gasteiger partial charge in [0.05, 0.1) is 31.4 Å². The first-order chi connectivity index (χ1) is 6.29. The molecule has 0 saturated carbocycles. The predicted octanol–water partition coefficient (Wildman–Crippen LogP) is 2.77. The van der Waals surface area contributed by atoms with Crippen LogP contribution in [0.1, 0.15) is 6.42 Å². The highest BCUT2D eigenvalue weighted by atomic mass is 32.8. The van der Waals surface area contributed by atoms with Crippen molar-refractivity contribution < 1.29 is 13.6 Å². The Morgan fingerprint density at radius 3 is 2.23 bits per heavy atom. The van der Waals surface area contributed by atoms with E-state index in [1.165, 1.54) is 12.2 Å². The van der Waals surface area contributed by atoms with Crippen LogP contribution in [0.15, 0.2) is 0 Å². The lowest BCUT2D eigenvalue weighted by atomic mass is 10.6. The molecule has 0 aliphatic carbocycles. The van der Waals surface area contributed by atoms with Crippen LogP contribution in [0, 0.1) is 0 Å². The Balaban J connectivity index is 2.78. The Morgan fingerprint density at radius 2 is 1.85 bits per heavy atom. The molecule has 0 aromatic carbocycles. The lowest BCUT2D eigenvalue weighted by Gasteiger charge is -2.21. The van der Waals surface area contributed by atoms with Crippen molar-refractivity contribution in [2.24, 2.45) is 0 Å². The van der Waals surface area contributed by atoms with Crippen LogP contribution >= 0.6 is 29.0 Å². The third-order valence-corrected chi connectivity index (χ3v) is 10.7. The molecule has 1 heterocycles. The van der Waals surface area contributed by atoms with Gasteiger partial charge in [-0.05, 0) is 12.2 Å². The molecule has 0 radical (unpaired) electrons. The van der Waals surface area contributed by atoms with Crippen molar-refractivity contribution >= 4 is 33.7 Å². The topological polar surface area (TPSA) is 27.7 Å². The highest BCUT2D eigenvalue weighted by Gasteiger charge is 2.46. The summed E-state index contributed by atoms with van der Waals surface area (Å²) in [7, 11) is 2.98. The van der Waals surface area contributed by atoms with Crippen LogP contribution in [0.4, 0.5) is 0 Å². The Labute approximate surface area is 86.8 Å². The lowest BCUT2D eigenvalue weighted by molar-refractivity contribution is 0.231. The van der Waals surface area contributed by atoms with E-state index >= 15 is 0 Å². The number of hydrogen-bond acceptors (Lipinski definition) is 4. The number of thioether (sulfide) groups is 1. The fourth-order valence-corrected chi connectivity index (χ4v) is 9.42. The molecule has 0 spiro atoms. The molecule has 13 heavy (non-hydrogen) atoms. The minimum absolute atomic E-state index is 0.0413. The largest absolute Gasteiger partial charge is 0.471 e. The summed E-state index contributed by atoms with van der Waals surface area (Å²) in [4.78, 5) is 0. The molecule has 0 aromatic heterocycles. The van der Waals surface area contributed by atoms with Gasteiger partial charge in [-0.15, -0.1) is 11.8 Å². The third-order valence-electron chi connectivity index (χ3n) is 1.75. The molecule has 1 aliphatic rings. The zero-order valence-electron chi connectivity index (χ0n) is 8.19. The average molecular weight is 243 g/mol. The molecule has 1 rings (SSSR count). The van der Waals surface area contributed by atoms with Gasteiger partial charge in [-0.3, -0.25) is 0 Å². The van der Waals surface area contributed by atoms with Crippen molar-refractivity contribution in [3.05, 3.63) is 0 Å². The SMILES string of the molecule is CO[P+](OC)(OC)S1=CSCCC1. The summed E-state index contributed by atoms with van der Waals surface area (Å²) in [6, 6.07) is 0. The van der Waals surface area contributed by atoms with Gasteiger partial charge in [0.25, 0.3) is 0 Å². The van der Waals surface area contributed by atoms with E-state index in [1.54, 1.807) is 21.3 Å². The van der Waals surface area contributed by atoms with Crippen LogP contribution in [0.2, 0.25) is 0 Å². The maximum atomic E-state index is 5.41. The normalized spacial score (nSPS) is 24.1. The molecule has 1 aliphatic heterocycles. The minimum Gasteiger partial charge on any atom is -0.172 e. The maximum absolute atomic E-state index is 5.41. The van der Waals surface area contributed by atoms with E-state index < -0.39 is 7.15 Å². The van der Waals surface area contributed by atoms with Gasteiger partial charge in [0.1, 0.15) is 0 Å². The van der Waals surface area contributed by atoms with Crippen LogP contribution in [0.25, 0.3) is 0 Å². The van der Waals surface area contributed by atoms with Crippen molar-refractivity contribution in [1.29, 1.82) is 0 Å². The standard InChI is InChI=1S/C7H16O3PS2/c1-8-11(9-2,10-3)13-6-4-5-12-7-13/h7H,4-6H2,1-3H3/q+1. The second kappa shape index (κ2) is 5.69. The Morgan fingerprint density at radius 1 is 1.23 bits per heavy atom. The summed E-state index contributed by atoms with van der Waals surface area (Å²) in [5.41, 5.74) is 0. The zero-order chi connectivity index (χ0) is 9.73. The van der Waals surface area contributed by atoms with Gasteiger partial charge in [-0.25, -0.2) is 0 Å². The first-order valence-corrected chi connectivity index (χ1v) is 8.66. The highest BCUT2D eigenvalue weighted by Crippen LogP contribution is 2.75. The first kappa shape index (κ1) is 12.0. The summed E-state index contributed by atoms with van der Waals surface area (Å²) in [5.74, 6) is 2.34. The summed E-state index contributed by atoms with van der Waals surface area (Å²) in [6.45, 7) is 0. The van der Waals surface area contributed by atoms with Crippen LogP contribution in [0.5, 0.6) is 0 Å². The van der Waals surface area contributed by atoms with E-state index in [9.17, 15) is 0 Å². The van der Waals surface area contributed by atoms with Gasteiger partial charge in [0, 0.05) is 10.5 Å². The van der Waals surface area contributed by atoms with E-state index in [-0.39, 0.29) is 10.1 Å². The quantitative estimate of drug-likeness (QED) is 0.560. The fourth-order valence-electron chi connectivity index (χ4n) is 1.14. The molecule has 0 saturated heterocycles. The van der Waals surface area contributed by atoms with Crippen molar-refractivity contribution in [2.75, 3.05) is 32.8 Å². The third kappa shape index (κ3) is 2.67. The van der Waals surface area contributed by atoms with Crippen molar-refractivity contribution in [2.45, 2.75) is 6.42 Å². The van der Waals surface area contributed by atoms with Gasteiger partial charge in [0.15, 0.2) is 0 Å². The van der Waals surface area contributed by atoms with E-state index in [1.807, 2.05) is 11.8 Å². The molecule has 0 aromatic rings. The Kier molecular flexibility index (Phi) is 5.23. The highest BCUT2D eigenvalue weighted by molar-refractivity contribution is 8.69. The van der Waals surface area contributed by atoms with Crippen LogP contribution in [-0.4, -0.2) is 37.5 Å². The maximum Gasteiger partial charge on any atom is 0.471 e. The molecule has 0 amide bonds. The second-order valence-corrected chi connectivity index (χ2v) is 9.88. The molecule has 1 unspecified atom stereocenters. The number of rotatable bonds is 4. The summed E-state index contributed by atoms with van der Waals surface area (Å²) in [5, 5.41) is 0. The monoisotopic (exact) mass is 243 g/mol. The van der Waals surface area contributed by atoms with Crippen molar-refractivity contribution in [3.63, 3.8) is 0 Å². The van der Waals surface area contributed by atoms with Gasteiger partial charge < -0.3 is 0 Å². The summed E-state index contributed by atoms with van der Waals surface area (Å²) >= 11 is 1.85. The molecule has 0 fully saturated rings. The Hall–Kier alpha value is 0.880. The summed E-state index contributed by atoms with van der Waals surface area (Å²) < 4.78 is 18.5. The van der Waals surface area contributed by atoms with Gasteiger partial charge in [-0.2, -0.15) is 13.6 Å². The summed E-state index contributed by atoms with van der Waals surface area (Å²) in [6.07, 6.45) is 1.22. The molecule has 0 bridgehead atoms. The van der Waals surface area contributed by atoms with Crippen LogP contribution in [0.3, 0.4) is 0 Å². The second-order valence-electron chi connectivity index (χ2n) is 2.42. The van der Waals surface area contributed by atoms with E-state index in [0.717, 1.165) is 5.75 Å². The van der Waals surface area contributed by atoms with Gasteiger partial charge >= 0.3 is 7.15 Å². The van der Waals surface area contributed by atoms with E-state index in [0.29, 0.717) is 0 Å². The predicted molar refractivity (Wildman–Crippen MR) is 63.5 cm³/mol. The molecule has 6 heteroatoms. The average Bonchev–Trinajstić information content (AvgIpc) is 2.23. The zero-order valence-corrected chi connectivity index (χ0v) is 10.7. The van der Waals surface area contributed by atoms with Crippen LogP contribution < -0.4 is 0 Å².